The Bertz CT molecular complexity index is 904. The van der Waals surface area contributed by atoms with Crippen molar-refractivity contribution in [3.63, 3.8) is 0 Å². The fraction of sp³-hybridized carbons (Fsp3) is 0.0476. The Morgan fingerprint density at radius 3 is 2.33 bits per heavy atom. The minimum atomic E-state index is -0.444. The normalized spacial score (nSPS) is 10.5. The number of thiophene rings is 1. The molecule has 5 nitrogen and oxygen atoms in total. The molecule has 6 heteroatoms. The van der Waals surface area contributed by atoms with Crippen molar-refractivity contribution in [2.75, 3.05) is 6.61 Å². The molecule has 0 bridgehead atoms. The Hall–Kier alpha value is -3.38. The predicted octanol–water partition coefficient (Wildman–Crippen LogP) is 3.65. The molecule has 0 aliphatic rings. The van der Waals surface area contributed by atoms with E-state index in [0.29, 0.717) is 5.75 Å². The second-order valence-electron chi connectivity index (χ2n) is 5.57. The van der Waals surface area contributed by atoms with Crippen LogP contribution in [-0.4, -0.2) is 18.4 Å². The lowest BCUT2D eigenvalue weighted by Gasteiger charge is -2.08. The molecule has 136 valence electrons. The molecule has 0 atom stereocenters. The highest BCUT2D eigenvalue weighted by Gasteiger charge is 2.04. The molecule has 0 unspecified atom stereocenters. The number of nitrogens with one attached hydrogen (secondary N) is 2. The van der Waals surface area contributed by atoms with Crippen molar-refractivity contribution in [2.45, 2.75) is 0 Å². The van der Waals surface area contributed by atoms with Gasteiger partial charge in [0, 0.05) is 11.0 Å². The maximum atomic E-state index is 11.8. The number of hydrazine groups is 1. The molecule has 0 saturated carbocycles. The van der Waals surface area contributed by atoms with E-state index in [9.17, 15) is 9.59 Å². The standard InChI is InChI=1S/C21H18N2O3S/c24-20(13-12-19-7-4-14-27-19)22-23-21(25)15-26-18-10-8-17(9-11-18)16-5-2-1-3-6-16/h1-14H,15H2,(H,22,24)(H,23,25). The van der Waals surface area contributed by atoms with Crippen LogP contribution >= 0.6 is 11.3 Å². The van der Waals surface area contributed by atoms with Crippen molar-refractivity contribution in [2.24, 2.45) is 0 Å². The number of ether oxygens (including phenoxy) is 1. The second kappa shape index (κ2) is 9.35. The molecule has 2 aromatic carbocycles. The van der Waals surface area contributed by atoms with E-state index in [-0.39, 0.29) is 6.61 Å². The molecule has 0 saturated heterocycles. The van der Waals surface area contributed by atoms with Gasteiger partial charge in [-0.2, -0.15) is 0 Å². The first-order valence-corrected chi connectivity index (χ1v) is 9.17. The minimum Gasteiger partial charge on any atom is -0.484 e. The van der Waals surface area contributed by atoms with Crippen LogP contribution in [0.1, 0.15) is 4.88 Å². The van der Waals surface area contributed by atoms with E-state index in [2.05, 4.69) is 10.9 Å². The Kier molecular flexibility index (Phi) is 6.38. The van der Waals surface area contributed by atoms with Gasteiger partial charge in [-0.05, 0) is 40.8 Å². The van der Waals surface area contributed by atoms with Gasteiger partial charge in [0.1, 0.15) is 5.75 Å². The summed E-state index contributed by atoms with van der Waals surface area (Å²) < 4.78 is 5.43. The third-order valence-electron chi connectivity index (χ3n) is 3.60. The highest BCUT2D eigenvalue weighted by atomic mass is 32.1. The number of carbonyl (C=O) groups excluding carboxylic acids is 2. The summed E-state index contributed by atoms with van der Waals surface area (Å²) in [5.41, 5.74) is 6.80. The highest BCUT2D eigenvalue weighted by molar-refractivity contribution is 7.10. The van der Waals surface area contributed by atoms with Crippen molar-refractivity contribution < 1.29 is 14.3 Å². The molecular formula is C21H18N2O3S. The van der Waals surface area contributed by atoms with Crippen LogP contribution in [0.2, 0.25) is 0 Å². The first-order chi connectivity index (χ1) is 13.2. The van der Waals surface area contributed by atoms with Crippen LogP contribution in [0.3, 0.4) is 0 Å². The Morgan fingerprint density at radius 1 is 0.889 bits per heavy atom. The van der Waals surface area contributed by atoms with Crippen LogP contribution in [0, 0.1) is 0 Å². The van der Waals surface area contributed by atoms with Gasteiger partial charge in [-0.1, -0.05) is 48.5 Å². The molecule has 0 aliphatic carbocycles. The molecule has 0 aliphatic heterocycles. The summed E-state index contributed by atoms with van der Waals surface area (Å²) in [6.07, 6.45) is 3.03. The number of benzene rings is 2. The molecule has 1 heterocycles. The Labute approximate surface area is 161 Å². The number of carbonyl (C=O) groups is 2. The van der Waals surface area contributed by atoms with Crippen LogP contribution in [0.25, 0.3) is 17.2 Å². The average Bonchev–Trinajstić information content (AvgIpc) is 3.24. The fourth-order valence-corrected chi connectivity index (χ4v) is 2.89. The molecule has 3 rings (SSSR count). The van der Waals surface area contributed by atoms with E-state index in [0.717, 1.165) is 16.0 Å². The fourth-order valence-electron chi connectivity index (χ4n) is 2.28. The third-order valence-corrected chi connectivity index (χ3v) is 4.44. The Morgan fingerprint density at radius 2 is 1.63 bits per heavy atom. The van der Waals surface area contributed by atoms with E-state index in [4.69, 9.17) is 4.74 Å². The molecule has 0 fully saturated rings. The average molecular weight is 378 g/mol. The summed E-state index contributed by atoms with van der Waals surface area (Å²) in [6, 6.07) is 21.2. The van der Waals surface area contributed by atoms with Gasteiger partial charge in [-0.3, -0.25) is 20.4 Å². The zero-order chi connectivity index (χ0) is 18.9. The van der Waals surface area contributed by atoms with Gasteiger partial charge in [0.15, 0.2) is 6.61 Å². The molecule has 1 aromatic heterocycles. The molecule has 27 heavy (non-hydrogen) atoms. The lowest BCUT2D eigenvalue weighted by molar-refractivity contribution is -0.128. The van der Waals surface area contributed by atoms with E-state index < -0.39 is 11.8 Å². The van der Waals surface area contributed by atoms with Crippen LogP contribution in [0.15, 0.2) is 78.2 Å². The summed E-state index contributed by atoms with van der Waals surface area (Å²) in [7, 11) is 0. The molecular weight excluding hydrogens is 360 g/mol. The predicted molar refractivity (Wildman–Crippen MR) is 107 cm³/mol. The van der Waals surface area contributed by atoms with Crippen LogP contribution in [0.5, 0.6) is 5.75 Å². The number of hydrogen-bond acceptors (Lipinski definition) is 4. The molecule has 0 radical (unpaired) electrons. The molecule has 2 N–H and O–H groups in total. The van der Waals surface area contributed by atoms with Gasteiger partial charge in [0.25, 0.3) is 11.8 Å². The lowest BCUT2D eigenvalue weighted by Crippen LogP contribution is -2.43. The van der Waals surface area contributed by atoms with Gasteiger partial charge < -0.3 is 4.74 Å². The Balaban J connectivity index is 1.42. The van der Waals surface area contributed by atoms with Gasteiger partial charge in [0.05, 0.1) is 0 Å². The van der Waals surface area contributed by atoms with Crippen LogP contribution in [0.4, 0.5) is 0 Å². The molecule has 0 spiro atoms. The number of amides is 2. The van der Waals surface area contributed by atoms with Crippen molar-refractivity contribution in [1.82, 2.24) is 10.9 Å². The SMILES string of the molecule is O=C(C=Cc1cccs1)NNC(=O)COc1ccc(-c2ccccc2)cc1. The maximum absolute atomic E-state index is 11.8. The second-order valence-corrected chi connectivity index (χ2v) is 6.54. The van der Waals surface area contributed by atoms with E-state index in [1.807, 2.05) is 60.0 Å². The van der Waals surface area contributed by atoms with E-state index in [1.165, 1.54) is 17.4 Å². The van der Waals surface area contributed by atoms with Gasteiger partial charge in [0.2, 0.25) is 0 Å². The maximum Gasteiger partial charge on any atom is 0.276 e. The van der Waals surface area contributed by atoms with Gasteiger partial charge >= 0.3 is 0 Å². The first kappa shape index (κ1) is 18.4. The molecule has 3 aromatic rings. The van der Waals surface area contributed by atoms with Crippen molar-refractivity contribution in [1.29, 1.82) is 0 Å². The van der Waals surface area contributed by atoms with Crippen LogP contribution < -0.4 is 15.6 Å². The lowest BCUT2D eigenvalue weighted by atomic mass is 10.1. The highest BCUT2D eigenvalue weighted by Crippen LogP contribution is 2.21. The summed E-state index contributed by atoms with van der Waals surface area (Å²) in [5.74, 6) is -0.280. The van der Waals surface area contributed by atoms with Crippen molar-refractivity contribution in [3.8, 4) is 16.9 Å². The van der Waals surface area contributed by atoms with Crippen molar-refractivity contribution >= 4 is 29.2 Å². The monoisotopic (exact) mass is 378 g/mol. The van der Waals surface area contributed by atoms with Crippen LogP contribution in [-0.2, 0) is 9.59 Å². The number of hydrogen-bond donors (Lipinski definition) is 2. The zero-order valence-corrected chi connectivity index (χ0v) is 15.2. The smallest absolute Gasteiger partial charge is 0.276 e. The summed E-state index contributed by atoms with van der Waals surface area (Å²) in [5, 5.41) is 1.92. The summed E-state index contributed by atoms with van der Waals surface area (Å²) >= 11 is 1.52. The summed E-state index contributed by atoms with van der Waals surface area (Å²) in [4.78, 5) is 24.4. The quantitative estimate of drug-likeness (QED) is 0.508. The van der Waals surface area contributed by atoms with E-state index >= 15 is 0 Å². The topological polar surface area (TPSA) is 67.4 Å². The largest absolute Gasteiger partial charge is 0.484 e. The first-order valence-electron chi connectivity index (χ1n) is 8.29. The third kappa shape index (κ3) is 5.83. The van der Waals surface area contributed by atoms with Gasteiger partial charge in [-0.25, -0.2) is 0 Å². The number of rotatable bonds is 6. The summed E-state index contributed by atoms with van der Waals surface area (Å²) in [6.45, 7) is -0.195. The van der Waals surface area contributed by atoms with Crippen molar-refractivity contribution in [3.05, 3.63) is 83.1 Å². The molecule has 2 amide bonds. The van der Waals surface area contributed by atoms with Gasteiger partial charge in [-0.15, -0.1) is 11.3 Å². The van der Waals surface area contributed by atoms with E-state index in [1.54, 1.807) is 18.2 Å². The zero-order valence-electron chi connectivity index (χ0n) is 14.4. The minimum absolute atomic E-state index is 0.195.